The molecule has 3 aliphatic rings. The van der Waals surface area contributed by atoms with Crippen LogP contribution in [0.5, 0.6) is 0 Å². The Kier molecular flexibility index (Phi) is 5.09. The lowest BCUT2D eigenvalue weighted by atomic mass is 9.88. The molecule has 0 aromatic carbocycles. The number of likely N-dealkylation sites (tertiary alicyclic amines) is 1. The first kappa shape index (κ1) is 16.6. The molecule has 3 rings (SSSR count). The van der Waals surface area contributed by atoms with E-state index < -0.39 is 10.0 Å². The molecule has 0 aliphatic carbocycles. The maximum Gasteiger partial charge on any atom is 0.213 e. The number of rotatable bonds is 3. The van der Waals surface area contributed by atoms with E-state index in [2.05, 4.69) is 4.90 Å². The second-order valence-electron chi connectivity index (χ2n) is 6.85. The number of hydrogen-bond donors (Lipinski definition) is 0. The van der Waals surface area contributed by atoms with E-state index in [1.165, 1.54) is 0 Å². The second kappa shape index (κ2) is 6.73. The van der Waals surface area contributed by atoms with Crippen molar-refractivity contribution in [3.05, 3.63) is 0 Å². The van der Waals surface area contributed by atoms with Gasteiger partial charge in [-0.15, -0.1) is 0 Å². The van der Waals surface area contributed by atoms with Crippen LogP contribution in [-0.4, -0.2) is 82.0 Å². The molecule has 0 unspecified atom stereocenters. The molecule has 1 spiro atoms. The van der Waals surface area contributed by atoms with Crippen molar-refractivity contribution in [3.8, 4) is 0 Å². The number of hydrogen-bond acceptors (Lipinski definition) is 5. The van der Waals surface area contributed by atoms with E-state index in [1.54, 1.807) is 11.2 Å². The average molecular weight is 332 g/mol. The molecule has 0 aromatic rings. The highest BCUT2D eigenvalue weighted by atomic mass is 32.2. The summed E-state index contributed by atoms with van der Waals surface area (Å²) in [5.74, 6) is 0.173. The van der Waals surface area contributed by atoms with Crippen LogP contribution in [0.4, 0.5) is 0 Å². The summed E-state index contributed by atoms with van der Waals surface area (Å²) in [6, 6.07) is 0.590. The summed E-state index contributed by atoms with van der Waals surface area (Å²) in [5.41, 5.74) is -0.0307. The van der Waals surface area contributed by atoms with Gasteiger partial charge < -0.3 is 9.47 Å². The summed E-state index contributed by atoms with van der Waals surface area (Å²) < 4.78 is 37.4. The van der Waals surface area contributed by atoms with Gasteiger partial charge in [0.25, 0.3) is 0 Å². The summed E-state index contributed by atoms with van der Waals surface area (Å²) in [4.78, 5) is 2.54. The van der Waals surface area contributed by atoms with Gasteiger partial charge in [-0.2, -0.15) is 4.31 Å². The predicted octanol–water partition coefficient (Wildman–Crippen LogP) is 0.539. The first-order chi connectivity index (χ1) is 10.5. The van der Waals surface area contributed by atoms with Crippen molar-refractivity contribution in [2.24, 2.45) is 5.41 Å². The van der Waals surface area contributed by atoms with Crippen molar-refractivity contribution in [1.29, 1.82) is 0 Å². The van der Waals surface area contributed by atoms with Gasteiger partial charge in [0.1, 0.15) is 0 Å². The quantitative estimate of drug-likeness (QED) is 0.755. The predicted molar refractivity (Wildman–Crippen MR) is 84.3 cm³/mol. The average Bonchev–Trinajstić information content (AvgIpc) is 2.82. The van der Waals surface area contributed by atoms with Gasteiger partial charge in [-0.3, -0.25) is 4.90 Å². The third kappa shape index (κ3) is 3.48. The molecule has 0 radical (unpaired) electrons. The smallest absolute Gasteiger partial charge is 0.213 e. The van der Waals surface area contributed by atoms with Crippen molar-refractivity contribution in [2.45, 2.75) is 32.2 Å². The van der Waals surface area contributed by atoms with E-state index in [9.17, 15) is 8.42 Å². The second-order valence-corrected chi connectivity index (χ2v) is 9.11. The maximum absolute atomic E-state index is 12.3. The van der Waals surface area contributed by atoms with Gasteiger partial charge in [-0.05, 0) is 32.7 Å². The standard InChI is InChI=1S/C15H28N2O4S/c1-2-22(18,19)17-7-10-21-13-15(12-17)5-6-16(11-15)14-3-8-20-9-4-14/h14H,2-13H2,1H3/t15-/m0/s1. The molecular formula is C15H28N2O4S. The minimum Gasteiger partial charge on any atom is -0.381 e. The van der Waals surface area contributed by atoms with Crippen molar-refractivity contribution < 1.29 is 17.9 Å². The molecule has 3 heterocycles. The van der Waals surface area contributed by atoms with Gasteiger partial charge >= 0.3 is 0 Å². The third-order valence-corrected chi connectivity index (χ3v) is 7.17. The number of nitrogens with zero attached hydrogens (tertiary/aromatic N) is 2. The Labute approximate surface area is 133 Å². The minimum absolute atomic E-state index is 0.0307. The van der Waals surface area contributed by atoms with Gasteiger partial charge in [-0.25, -0.2) is 8.42 Å². The molecule has 128 valence electrons. The summed E-state index contributed by atoms with van der Waals surface area (Å²) in [5, 5.41) is 0. The lowest BCUT2D eigenvalue weighted by Crippen LogP contribution is -2.45. The van der Waals surface area contributed by atoms with Crippen molar-refractivity contribution in [1.82, 2.24) is 9.21 Å². The molecule has 0 aromatic heterocycles. The highest BCUT2D eigenvalue weighted by molar-refractivity contribution is 7.89. The van der Waals surface area contributed by atoms with E-state index in [0.717, 1.165) is 45.6 Å². The molecule has 0 N–H and O–H groups in total. The normalized spacial score (nSPS) is 33.3. The van der Waals surface area contributed by atoms with Crippen LogP contribution in [0.15, 0.2) is 0 Å². The molecule has 3 saturated heterocycles. The first-order valence-corrected chi connectivity index (χ1v) is 10.0. The van der Waals surface area contributed by atoms with Crippen LogP contribution in [0.3, 0.4) is 0 Å². The summed E-state index contributed by atoms with van der Waals surface area (Å²) in [6.45, 7) is 7.72. The minimum atomic E-state index is -3.14. The van der Waals surface area contributed by atoms with Crippen LogP contribution in [0.25, 0.3) is 0 Å². The zero-order valence-corrected chi connectivity index (χ0v) is 14.3. The molecule has 1 atom stereocenters. The molecule has 6 nitrogen and oxygen atoms in total. The van der Waals surface area contributed by atoms with Crippen molar-refractivity contribution in [3.63, 3.8) is 0 Å². The van der Waals surface area contributed by atoms with Crippen molar-refractivity contribution in [2.75, 3.05) is 58.4 Å². The van der Waals surface area contributed by atoms with Gasteiger partial charge in [0, 0.05) is 44.3 Å². The van der Waals surface area contributed by atoms with Crippen LogP contribution < -0.4 is 0 Å². The molecule has 3 aliphatic heterocycles. The third-order valence-electron chi connectivity index (χ3n) is 5.34. The summed E-state index contributed by atoms with van der Waals surface area (Å²) in [7, 11) is -3.14. The SMILES string of the molecule is CCS(=O)(=O)N1CCOC[C@]2(CCN(C3CCOCC3)C2)C1. The molecule has 3 fully saturated rings. The van der Waals surface area contributed by atoms with Crippen LogP contribution in [0.2, 0.25) is 0 Å². The zero-order valence-electron chi connectivity index (χ0n) is 13.5. The Morgan fingerprint density at radius 3 is 2.59 bits per heavy atom. The van der Waals surface area contributed by atoms with E-state index in [1.807, 2.05) is 0 Å². The molecule has 0 saturated carbocycles. The monoisotopic (exact) mass is 332 g/mol. The molecule has 7 heteroatoms. The van der Waals surface area contributed by atoms with Gasteiger partial charge in [0.05, 0.1) is 19.0 Å². The lowest BCUT2D eigenvalue weighted by Gasteiger charge is -2.34. The highest BCUT2D eigenvalue weighted by Gasteiger charge is 2.44. The fourth-order valence-corrected chi connectivity index (χ4v) is 5.14. The van der Waals surface area contributed by atoms with E-state index in [4.69, 9.17) is 9.47 Å². The van der Waals surface area contributed by atoms with Gasteiger partial charge in [0.15, 0.2) is 0 Å². The Hall–Kier alpha value is -0.210. The Morgan fingerprint density at radius 2 is 1.86 bits per heavy atom. The molecular weight excluding hydrogens is 304 g/mol. The number of sulfonamides is 1. The first-order valence-electron chi connectivity index (χ1n) is 8.42. The Balaban J connectivity index is 1.69. The fraction of sp³-hybridized carbons (Fsp3) is 1.00. The van der Waals surface area contributed by atoms with Gasteiger partial charge in [-0.1, -0.05) is 0 Å². The number of ether oxygens (including phenoxy) is 2. The molecule has 0 amide bonds. The van der Waals surface area contributed by atoms with E-state index >= 15 is 0 Å². The summed E-state index contributed by atoms with van der Waals surface area (Å²) >= 11 is 0. The lowest BCUT2D eigenvalue weighted by molar-refractivity contribution is 0.0295. The summed E-state index contributed by atoms with van der Waals surface area (Å²) in [6.07, 6.45) is 3.21. The zero-order chi connectivity index (χ0) is 15.6. The Morgan fingerprint density at radius 1 is 1.09 bits per heavy atom. The fourth-order valence-electron chi connectivity index (χ4n) is 3.95. The van der Waals surface area contributed by atoms with E-state index in [-0.39, 0.29) is 11.2 Å². The van der Waals surface area contributed by atoms with Crippen LogP contribution in [-0.2, 0) is 19.5 Å². The topological polar surface area (TPSA) is 59.1 Å². The van der Waals surface area contributed by atoms with Crippen LogP contribution in [0, 0.1) is 5.41 Å². The highest BCUT2D eigenvalue weighted by Crippen LogP contribution is 2.36. The van der Waals surface area contributed by atoms with E-state index in [0.29, 0.717) is 32.3 Å². The van der Waals surface area contributed by atoms with Crippen LogP contribution >= 0.6 is 0 Å². The largest absolute Gasteiger partial charge is 0.381 e. The Bertz CT molecular complexity index is 478. The van der Waals surface area contributed by atoms with Gasteiger partial charge in [0.2, 0.25) is 10.0 Å². The molecule has 0 bridgehead atoms. The van der Waals surface area contributed by atoms with Crippen molar-refractivity contribution >= 4 is 10.0 Å². The maximum atomic E-state index is 12.3. The van der Waals surface area contributed by atoms with Crippen LogP contribution in [0.1, 0.15) is 26.2 Å². The molecule has 22 heavy (non-hydrogen) atoms.